The lowest BCUT2D eigenvalue weighted by Gasteiger charge is -2.28. The largest absolute Gasteiger partial charge is 0.355 e. The number of carbonyl (C=O) groups is 1. The second-order valence-electron chi connectivity index (χ2n) is 5.05. The summed E-state index contributed by atoms with van der Waals surface area (Å²) in [5, 5.41) is 3.05. The van der Waals surface area contributed by atoms with Crippen molar-refractivity contribution in [1.82, 2.24) is 5.32 Å². The van der Waals surface area contributed by atoms with Gasteiger partial charge in [-0.15, -0.1) is 0 Å². The third-order valence-corrected chi connectivity index (χ3v) is 3.88. The number of nitrogens with two attached hydrogens (primary N) is 1. The van der Waals surface area contributed by atoms with Gasteiger partial charge in [-0.05, 0) is 31.4 Å². The van der Waals surface area contributed by atoms with Crippen LogP contribution in [0.2, 0.25) is 0 Å². The zero-order valence-corrected chi connectivity index (χ0v) is 10.8. The number of hydrogen-bond donors (Lipinski definition) is 2. The lowest BCUT2D eigenvalue weighted by atomic mass is 9.78. The number of nitrogens with one attached hydrogen (secondary N) is 1. The van der Waals surface area contributed by atoms with E-state index in [1.54, 1.807) is 0 Å². The highest BCUT2D eigenvalue weighted by atomic mass is 16.2. The molecule has 0 bridgehead atoms. The highest BCUT2D eigenvalue weighted by Gasteiger charge is 2.42. The Morgan fingerprint density at radius 3 is 2.50 bits per heavy atom. The predicted octanol–water partition coefficient (Wildman–Crippen LogP) is 1.96. The van der Waals surface area contributed by atoms with Crippen LogP contribution in [0.3, 0.4) is 0 Å². The molecule has 1 aromatic rings. The molecule has 1 saturated carbocycles. The van der Waals surface area contributed by atoms with Crippen LogP contribution in [0.1, 0.15) is 37.7 Å². The highest BCUT2D eigenvalue weighted by molar-refractivity contribution is 5.88. The Bertz CT molecular complexity index is 383. The molecular formula is C15H22N2O. The molecule has 0 radical (unpaired) electrons. The molecule has 0 aliphatic heterocycles. The summed E-state index contributed by atoms with van der Waals surface area (Å²) < 4.78 is 0. The maximum atomic E-state index is 12.5. The summed E-state index contributed by atoms with van der Waals surface area (Å²) >= 11 is 0. The van der Waals surface area contributed by atoms with Gasteiger partial charge in [0.25, 0.3) is 0 Å². The van der Waals surface area contributed by atoms with E-state index in [-0.39, 0.29) is 11.3 Å². The molecule has 1 fully saturated rings. The van der Waals surface area contributed by atoms with E-state index in [0.29, 0.717) is 13.1 Å². The molecule has 1 aromatic carbocycles. The Hall–Kier alpha value is -1.35. The van der Waals surface area contributed by atoms with Crippen LogP contribution in [-0.4, -0.2) is 19.0 Å². The van der Waals surface area contributed by atoms with E-state index in [2.05, 4.69) is 17.4 Å². The molecule has 0 spiro atoms. The Balaban J connectivity index is 2.14. The monoisotopic (exact) mass is 246 g/mol. The first kappa shape index (κ1) is 13.1. The molecule has 1 amide bonds. The van der Waals surface area contributed by atoms with Gasteiger partial charge in [0.1, 0.15) is 0 Å². The van der Waals surface area contributed by atoms with Gasteiger partial charge in [-0.2, -0.15) is 0 Å². The quantitative estimate of drug-likeness (QED) is 0.780. The Labute approximate surface area is 109 Å². The van der Waals surface area contributed by atoms with Crippen LogP contribution >= 0.6 is 0 Å². The van der Waals surface area contributed by atoms with Crippen molar-refractivity contribution in [3.63, 3.8) is 0 Å². The average Bonchev–Trinajstić information content (AvgIpc) is 2.90. The molecule has 0 unspecified atom stereocenters. The van der Waals surface area contributed by atoms with Gasteiger partial charge in [-0.25, -0.2) is 0 Å². The predicted molar refractivity (Wildman–Crippen MR) is 73.3 cm³/mol. The van der Waals surface area contributed by atoms with Crippen molar-refractivity contribution in [3.05, 3.63) is 35.9 Å². The molecule has 3 N–H and O–H groups in total. The third kappa shape index (κ3) is 2.56. The van der Waals surface area contributed by atoms with E-state index in [4.69, 9.17) is 5.73 Å². The van der Waals surface area contributed by atoms with Gasteiger partial charge in [0, 0.05) is 6.54 Å². The Morgan fingerprint density at radius 1 is 1.22 bits per heavy atom. The maximum Gasteiger partial charge on any atom is 0.230 e. The van der Waals surface area contributed by atoms with Crippen LogP contribution in [0.25, 0.3) is 0 Å². The van der Waals surface area contributed by atoms with Crippen LogP contribution in [0.4, 0.5) is 0 Å². The van der Waals surface area contributed by atoms with Gasteiger partial charge in [-0.1, -0.05) is 43.2 Å². The molecule has 3 nitrogen and oxygen atoms in total. The van der Waals surface area contributed by atoms with Gasteiger partial charge < -0.3 is 11.1 Å². The first-order valence-corrected chi connectivity index (χ1v) is 6.83. The summed E-state index contributed by atoms with van der Waals surface area (Å²) in [5.74, 6) is 0.180. The molecule has 0 aromatic heterocycles. The fourth-order valence-electron chi connectivity index (χ4n) is 2.86. The molecular weight excluding hydrogens is 224 g/mol. The van der Waals surface area contributed by atoms with Crippen LogP contribution in [0, 0.1) is 0 Å². The minimum Gasteiger partial charge on any atom is -0.355 e. The second-order valence-corrected chi connectivity index (χ2v) is 5.05. The van der Waals surface area contributed by atoms with Crippen molar-refractivity contribution >= 4 is 5.91 Å². The van der Waals surface area contributed by atoms with Crippen molar-refractivity contribution in [2.45, 2.75) is 37.5 Å². The molecule has 1 aliphatic carbocycles. The summed E-state index contributed by atoms with van der Waals surface area (Å²) in [4.78, 5) is 12.5. The second kappa shape index (κ2) is 6.01. The SMILES string of the molecule is NCCCNC(=O)C1(c2ccccc2)CCCC1. The lowest BCUT2D eigenvalue weighted by molar-refractivity contribution is -0.126. The standard InChI is InChI=1S/C15H22N2O/c16-11-6-12-17-14(18)15(9-4-5-10-15)13-7-2-1-3-8-13/h1-3,7-8H,4-6,9-12,16H2,(H,17,18). The van der Waals surface area contributed by atoms with Crippen LogP contribution in [0.5, 0.6) is 0 Å². The molecule has 18 heavy (non-hydrogen) atoms. The topological polar surface area (TPSA) is 55.1 Å². The van der Waals surface area contributed by atoms with Crippen molar-refractivity contribution in [3.8, 4) is 0 Å². The summed E-state index contributed by atoms with van der Waals surface area (Å²) in [7, 11) is 0. The van der Waals surface area contributed by atoms with E-state index in [0.717, 1.165) is 37.7 Å². The van der Waals surface area contributed by atoms with E-state index < -0.39 is 0 Å². The summed E-state index contributed by atoms with van der Waals surface area (Å²) in [6.45, 7) is 1.31. The lowest BCUT2D eigenvalue weighted by Crippen LogP contribution is -2.43. The van der Waals surface area contributed by atoms with Crippen molar-refractivity contribution in [2.24, 2.45) is 5.73 Å². The first-order chi connectivity index (χ1) is 8.79. The number of hydrogen-bond acceptors (Lipinski definition) is 2. The maximum absolute atomic E-state index is 12.5. The molecule has 2 rings (SSSR count). The normalized spacial score (nSPS) is 17.6. The summed E-state index contributed by atoms with van der Waals surface area (Å²) in [6.07, 6.45) is 5.05. The molecule has 0 heterocycles. The smallest absolute Gasteiger partial charge is 0.230 e. The number of benzene rings is 1. The van der Waals surface area contributed by atoms with E-state index >= 15 is 0 Å². The van der Waals surface area contributed by atoms with E-state index in [1.807, 2.05) is 18.2 Å². The molecule has 0 atom stereocenters. The Kier molecular flexibility index (Phi) is 4.37. The average molecular weight is 246 g/mol. The van der Waals surface area contributed by atoms with Crippen LogP contribution < -0.4 is 11.1 Å². The first-order valence-electron chi connectivity index (χ1n) is 6.83. The summed E-state index contributed by atoms with van der Waals surface area (Å²) in [6, 6.07) is 10.2. The number of amides is 1. The highest BCUT2D eigenvalue weighted by Crippen LogP contribution is 2.41. The number of carbonyl (C=O) groups excluding carboxylic acids is 1. The van der Waals surface area contributed by atoms with Gasteiger partial charge in [0.15, 0.2) is 0 Å². The summed E-state index contributed by atoms with van der Waals surface area (Å²) in [5.41, 5.74) is 6.33. The minimum atomic E-state index is -0.296. The third-order valence-electron chi connectivity index (χ3n) is 3.88. The van der Waals surface area contributed by atoms with Crippen LogP contribution in [-0.2, 0) is 10.2 Å². The van der Waals surface area contributed by atoms with Gasteiger partial charge >= 0.3 is 0 Å². The molecule has 1 aliphatic rings. The van der Waals surface area contributed by atoms with Gasteiger partial charge in [-0.3, -0.25) is 4.79 Å². The minimum absolute atomic E-state index is 0.180. The fraction of sp³-hybridized carbons (Fsp3) is 0.533. The van der Waals surface area contributed by atoms with Crippen molar-refractivity contribution in [2.75, 3.05) is 13.1 Å². The van der Waals surface area contributed by atoms with Crippen molar-refractivity contribution in [1.29, 1.82) is 0 Å². The van der Waals surface area contributed by atoms with Crippen LogP contribution in [0.15, 0.2) is 30.3 Å². The Morgan fingerprint density at radius 2 is 1.89 bits per heavy atom. The zero-order chi connectivity index (χ0) is 12.8. The van der Waals surface area contributed by atoms with Gasteiger partial charge in [0.05, 0.1) is 5.41 Å². The van der Waals surface area contributed by atoms with Gasteiger partial charge in [0.2, 0.25) is 5.91 Å². The fourth-order valence-corrected chi connectivity index (χ4v) is 2.86. The zero-order valence-electron chi connectivity index (χ0n) is 10.8. The number of rotatable bonds is 5. The molecule has 0 saturated heterocycles. The van der Waals surface area contributed by atoms with Crippen molar-refractivity contribution < 1.29 is 4.79 Å². The molecule has 98 valence electrons. The van der Waals surface area contributed by atoms with E-state index in [1.165, 1.54) is 0 Å². The van der Waals surface area contributed by atoms with E-state index in [9.17, 15) is 4.79 Å². The molecule has 3 heteroatoms.